The van der Waals surface area contributed by atoms with E-state index < -0.39 is 0 Å². The van der Waals surface area contributed by atoms with E-state index in [0.717, 1.165) is 13.1 Å². The molecule has 0 fully saturated rings. The molecule has 0 unspecified atom stereocenters. The highest BCUT2D eigenvalue weighted by Gasteiger charge is 2.05. The first-order valence-electron chi connectivity index (χ1n) is 5.75. The van der Waals surface area contributed by atoms with Gasteiger partial charge in [0.2, 0.25) is 0 Å². The third-order valence-corrected chi connectivity index (χ3v) is 3.30. The smallest absolute Gasteiger partial charge is 0.0537 e. The van der Waals surface area contributed by atoms with Crippen molar-refractivity contribution in [3.05, 3.63) is 34.9 Å². The number of hydrogen-bond acceptors (Lipinski definition) is 3. The second-order valence-electron chi connectivity index (χ2n) is 4.36. The molecule has 100 valence electrons. The van der Waals surface area contributed by atoms with Crippen molar-refractivity contribution in [3.63, 3.8) is 0 Å². The van der Waals surface area contributed by atoms with E-state index in [1.165, 1.54) is 22.5 Å². The van der Waals surface area contributed by atoms with Crippen LogP contribution in [0.1, 0.15) is 22.5 Å². The first-order valence-corrected chi connectivity index (χ1v) is 5.75. The van der Waals surface area contributed by atoms with E-state index in [2.05, 4.69) is 29.4 Å². The fourth-order valence-electron chi connectivity index (χ4n) is 1.77. The number of halogens is 1. The van der Waals surface area contributed by atoms with Crippen molar-refractivity contribution in [1.29, 1.82) is 0 Å². The highest BCUT2D eigenvalue weighted by atomic mass is 35.5. The van der Waals surface area contributed by atoms with E-state index in [4.69, 9.17) is 0 Å². The summed E-state index contributed by atoms with van der Waals surface area (Å²) in [6.07, 6.45) is 3.83. The van der Waals surface area contributed by atoms with Crippen LogP contribution in [0, 0.1) is 13.8 Å². The Hall–Kier alpha value is -1.33. The minimum atomic E-state index is 0. The summed E-state index contributed by atoms with van der Waals surface area (Å²) in [4.78, 5) is 0. The van der Waals surface area contributed by atoms with Crippen molar-refractivity contribution in [1.82, 2.24) is 24.9 Å². The molecule has 2 aromatic rings. The zero-order valence-electron chi connectivity index (χ0n) is 11.3. The van der Waals surface area contributed by atoms with Gasteiger partial charge in [0, 0.05) is 49.7 Å². The Bertz CT molecular complexity index is 468. The van der Waals surface area contributed by atoms with E-state index in [1.807, 2.05) is 35.9 Å². The molecule has 0 amide bonds. The number of nitrogens with one attached hydrogen (secondary N) is 1. The van der Waals surface area contributed by atoms with Crippen LogP contribution >= 0.6 is 12.4 Å². The van der Waals surface area contributed by atoms with Crippen molar-refractivity contribution in [2.24, 2.45) is 14.1 Å². The summed E-state index contributed by atoms with van der Waals surface area (Å²) in [7, 11) is 3.92. The van der Waals surface area contributed by atoms with E-state index >= 15 is 0 Å². The van der Waals surface area contributed by atoms with Gasteiger partial charge < -0.3 is 5.32 Å². The van der Waals surface area contributed by atoms with Crippen LogP contribution in [0.3, 0.4) is 0 Å². The van der Waals surface area contributed by atoms with Gasteiger partial charge in [0.25, 0.3) is 0 Å². The van der Waals surface area contributed by atoms with Crippen LogP contribution in [0.15, 0.2) is 12.4 Å². The molecule has 18 heavy (non-hydrogen) atoms. The summed E-state index contributed by atoms with van der Waals surface area (Å²) in [5.41, 5.74) is 4.91. The third kappa shape index (κ3) is 2.91. The molecular formula is C12H20ClN5. The Morgan fingerprint density at radius 3 is 1.61 bits per heavy atom. The molecule has 0 saturated carbocycles. The molecule has 0 saturated heterocycles. The van der Waals surface area contributed by atoms with Gasteiger partial charge in [-0.25, -0.2) is 0 Å². The maximum atomic E-state index is 4.22. The fourth-order valence-corrected chi connectivity index (χ4v) is 1.77. The second kappa shape index (κ2) is 6.02. The maximum absolute atomic E-state index is 4.22. The highest BCUT2D eigenvalue weighted by Crippen LogP contribution is 2.07. The Morgan fingerprint density at radius 1 is 0.944 bits per heavy atom. The number of aryl methyl sites for hydroxylation is 2. The third-order valence-electron chi connectivity index (χ3n) is 3.30. The Morgan fingerprint density at radius 2 is 1.33 bits per heavy atom. The number of nitrogens with zero attached hydrogens (tertiary/aromatic N) is 4. The van der Waals surface area contributed by atoms with Crippen LogP contribution < -0.4 is 5.32 Å². The van der Waals surface area contributed by atoms with Crippen molar-refractivity contribution in [3.8, 4) is 0 Å². The predicted octanol–water partition coefficient (Wildman–Crippen LogP) is 1.48. The summed E-state index contributed by atoms with van der Waals surface area (Å²) < 4.78 is 3.79. The molecule has 2 rings (SSSR count). The second-order valence-corrected chi connectivity index (χ2v) is 4.36. The zero-order chi connectivity index (χ0) is 12.4. The molecule has 0 aliphatic heterocycles. The van der Waals surface area contributed by atoms with Gasteiger partial charge in [-0.05, 0) is 13.8 Å². The van der Waals surface area contributed by atoms with E-state index in [0.29, 0.717) is 0 Å². The number of hydrogen-bond donors (Lipinski definition) is 1. The summed E-state index contributed by atoms with van der Waals surface area (Å²) in [6, 6.07) is 0. The van der Waals surface area contributed by atoms with Crippen molar-refractivity contribution >= 4 is 12.4 Å². The minimum Gasteiger partial charge on any atom is -0.308 e. The summed E-state index contributed by atoms with van der Waals surface area (Å²) in [5, 5.41) is 11.9. The first kappa shape index (κ1) is 14.7. The van der Waals surface area contributed by atoms with Gasteiger partial charge in [-0.3, -0.25) is 9.36 Å². The zero-order valence-corrected chi connectivity index (χ0v) is 12.1. The average Bonchev–Trinajstić information content (AvgIpc) is 2.79. The molecule has 0 aromatic carbocycles. The normalized spacial score (nSPS) is 10.4. The minimum absolute atomic E-state index is 0. The lowest BCUT2D eigenvalue weighted by Gasteiger charge is -2.04. The monoisotopic (exact) mass is 269 g/mol. The molecule has 0 spiro atoms. The highest BCUT2D eigenvalue weighted by molar-refractivity contribution is 5.85. The van der Waals surface area contributed by atoms with Crippen molar-refractivity contribution in [2.45, 2.75) is 26.9 Å². The van der Waals surface area contributed by atoms with Crippen molar-refractivity contribution in [2.75, 3.05) is 0 Å². The molecule has 0 aliphatic rings. The van der Waals surface area contributed by atoms with Crippen LogP contribution in [0.4, 0.5) is 0 Å². The predicted molar refractivity (Wildman–Crippen MR) is 73.7 cm³/mol. The van der Waals surface area contributed by atoms with Crippen molar-refractivity contribution < 1.29 is 0 Å². The lowest BCUT2D eigenvalue weighted by molar-refractivity contribution is 0.678. The molecule has 2 aromatic heterocycles. The summed E-state index contributed by atoms with van der Waals surface area (Å²) in [6.45, 7) is 5.85. The fraction of sp³-hybridized carbons (Fsp3) is 0.500. The molecule has 6 heteroatoms. The standard InChI is InChI=1S/C12H19N5.ClH/c1-9-11(7-14-16(9)3)5-13-6-12-8-15-17(4)10(12)2;/h7-8,13H,5-6H2,1-4H3;1H. The van der Waals surface area contributed by atoms with Gasteiger partial charge in [-0.15, -0.1) is 12.4 Å². The molecule has 0 aliphatic carbocycles. The van der Waals surface area contributed by atoms with Gasteiger partial charge in [0.15, 0.2) is 0 Å². The molecule has 2 heterocycles. The number of aromatic nitrogens is 4. The van der Waals surface area contributed by atoms with Gasteiger partial charge in [-0.1, -0.05) is 0 Å². The molecule has 0 radical (unpaired) electrons. The summed E-state index contributed by atoms with van der Waals surface area (Å²) >= 11 is 0. The van der Waals surface area contributed by atoms with E-state index in [1.54, 1.807) is 0 Å². The molecule has 0 atom stereocenters. The molecule has 5 nitrogen and oxygen atoms in total. The van der Waals surface area contributed by atoms with E-state index in [-0.39, 0.29) is 12.4 Å². The Kier molecular flexibility index (Phi) is 4.93. The molecule has 0 bridgehead atoms. The molecule has 1 N–H and O–H groups in total. The van der Waals surface area contributed by atoms with Gasteiger partial charge >= 0.3 is 0 Å². The SMILES string of the molecule is Cc1c(CNCc2cnn(C)c2C)cnn1C.Cl. The van der Waals surface area contributed by atoms with Gasteiger partial charge in [-0.2, -0.15) is 10.2 Å². The maximum Gasteiger partial charge on any atom is 0.0537 e. The largest absolute Gasteiger partial charge is 0.308 e. The summed E-state index contributed by atoms with van der Waals surface area (Å²) in [5.74, 6) is 0. The van der Waals surface area contributed by atoms with Gasteiger partial charge in [0.05, 0.1) is 12.4 Å². The Labute approximate surface area is 114 Å². The van der Waals surface area contributed by atoms with Gasteiger partial charge in [0.1, 0.15) is 0 Å². The molecular weight excluding hydrogens is 250 g/mol. The van der Waals surface area contributed by atoms with E-state index in [9.17, 15) is 0 Å². The van der Waals surface area contributed by atoms with Crippen LogP contribution in [-0.2, 0) is 27.2 Å². The Balaban J connectivity index is 0.00000162. The van der Waals surface area contributed by atoms with Crippen LogP contribution in [0.5, 0.6) is 0 Å². The topological polar surface area (TPSA) is 47.7 Å². The quantitative estimate of drug-likeness (QED) is 0.915. The van der Waals surface area contributed by atoms with Crippen LogP contribution in [-0.4, -0.2) is 19.6 Å². The lowest BCUT2D eigenvalue weighted by Crippen LogP contribution is -2.13. The first-order chi connectivity index (χ1) is 8.09. The van der Waals surface area contributed by atoms with Crippen LogP contribution in [0.2, 0.25) is 0 Å². The average molecular weight is 270 g/mol. The van der Waals surface area contributed by atoms with Crippen LogP contribution in [0.25, 0.3) is 0 Å². The lowest BCUT2D eigenvalue weighted by atomic mass is 10.2. The number of rotatable bonds is 4.